The molecule has 3 aliphatic rings. The van der Waals surface area contributed by atoms with E-state index in [1.165, 1.54) is 38.5 Å². The normalized spacial score (nSPS) is 38.2. The highest BCUT2D eigenvalue weighted by molar-refractivity contribution is 7.79. The molecule has 54 heavy (non-hydrogen) atoms. The minimum absolute atomic E-state index is 0.227. The molecule has 0 radical (unpaired) electrons. The number of hydrogen-bond donors (Lipinski definition) is 17. The number of aromatic nitrogens is 1. The van der Waals surface area contributed by atoms with Gasteiger partial charge in [0.15, 0.2) is 24.5 Å². The Labute approximate surface area is 307 Å². The largest absolute Gasteiger partial charge is 0.394 e. The van der Waals surface area contributed by atoms with Crippen LogP contribution in [-0.2, 0) is 29.3 Å². The number of aliphatic hydroxyl groups excluding tert-OH is 6. The average Bonchev–Trinajstić information content (AvgIpc) is 3.32. The van der Waals surface area contributed by atoms with Crippen molar-refractivity contribution in [2.75, 3.05) is 13.7 Å². The third-order valence-corrected chi connectivity index (χ3v) is 8.57. The Morgan fingerprint density at radius 3 is 2.04 bits per heavy atom. The van der Waals surface area contributed by atoms with Crippen molar-refractivity contribution in [2.24, 2.45) is 16.6 Å². The van der Waals surface area contributed by atoms with Gasteiger partial charge in [-0.25, -0.2) is 5.43 Å². The number of nitrogens with zero attached hydrogens (tertiary/aromatic N) is 2. The van der Waals surface area contributed by atoms with E-state index in [1.807, 2.05) is 0 Å². The number of amides is 1. The summed E-state index contributed by atoms with van der Waals surface area (Å²) in [6.45, 7) is 0.546. The predicted octanol–water partition coefficient (Wildman–Crippen LogP) is -7.78. The van der Waals surface area contributed by atoms with Crippen LogP contribution in [0, 0.1) is 10.8 Å². The standard InChI is InChI=1S/C27H44N10O12.H2O4S/c1-27(45)11(7-34-37-22(44)9-3-5-33-6-4-9)47-24(21(27)49-23-14(32-2)18(42)15(39)10(8-38)46-23)48-20-13(36-26(30)31)16(40)12(35-25(28)29)17(41)19(20)43;1-5(2,3)4/h3-7,10-21,23-24,32,38-43,45H,8H2,1-2H3,(H,37,44)(H4,28,29,35)(H4,30,31,36);(H2,1,2,3,4)/b34-7+;/t10-,11-,12+,13-,14-,15-,16+,17-,18-,19+,20+,21-,23-,24-,27+;/m0./s1. The molecule has 2 aliphatic heterocycles. The molecule has 26 nitrogen and oxygen atoms in total. The zero-order valence-corrected chi connectivity index (χ0v) is 29.3. The number of hydrazone groups is 1. The van der Waals surface area contributed by atoms with E-state index >= 15 is 0 Å². The van der Waals surface area contributed by atoms with Gasteiger partial charge in [-0.2, -0.15) is 13.5 Å². The molecule has 1 aromatic heterocycles. The number of nitrogens with one attached hydrogen (secondary N) is 6. The summed E-state index contributed by atoms with van der Waals surface area (Å²) in [7, 11) is -3.23. The van der Waals surface area contributed by atoms with Crippen LogP contribution in [0.1, 0.15) is 17.3 Å². The van der Waals surface area contributed by atoms with Crippen LogP contribution < -0.4 is 32.8 Å². The SMILES string of the molecule is CN[C@@H]1[C@H](O[C@H]2[C@H](O[C@H]3[C@H](O)[C@@H](O)[C@H](NC(=N)N)[C@@H](O)[C@@H]3NC(=N)N)O[C@@H](/C=N/NC(=O)c3ccncc3)[C@@]2(C)O)O[C@@H](CO)[C@H](O)[C@H]1O.O=S(=O)(O)O. The topological polar surface area (TPSA) is 443 Å². The van der Waals surface area contributed by atoms with E-state index in [9.17, 15) is 40.5 Å². The Kier molecular flexibility index (Phi) is 15.5. The minimum atomic E-state index is -4.67. The molecule has 2 saturated heterocycles. The van der Waals surface area contributed by atoms with Crippen molar-refractivity contribution in [3.05, 3.63) is 30.1 Å². The van der Waals surface area contributed by atoms with Crippen LogP contribution in [0.2, 0.25) is 0 Å². The highest BCUT2D eigenvalue weighted by Gasteiger charge is 2.59. The lowest BCUT2D eigenvalue weighted by atomic mass is 9.81. The Bertz CT molecular complexity index is 1560. The summed E-state index contributed by atoms with van der Waals surface area (Å²) in [6, 6.07) is -1.14. The number of nitrogens with two attached hydrogens (primary N) is 2. The number of guanidine groups is 2. The molecule has 27 heteroatoms. The van der Waals surface area contributed by atoms with Gasteiger partial charge in [0.2, 0.25) is 0 Å². The van der Waals surface area contributed by atoms with Gasteiger partial charge in [-0.3, -0.25) is 29.7 Å². The molecule has 0 aromatic carbocycles. The molecular formula is C27H46N10O16S. The lowest BCUT2D eigenvalue weighted by Crippen LogP contribution is -2.73. The van der Waals surface area contributed by atoms with Crippen LogP contribution in [0.25, 0.3) is 0 Å². The summed E-state index contributed by atoms with van der Waals surface area (Å²) in [5.74, 6) is -1.93. The highest BCUT2D eigenvalue weighted by Crippen LogP contribution is 2.38. The van der Waals surface area contributed by atoms with E-state index in [0.29, 0.717) is 0 Å². The van der Waals surface area contributed by atoms with Gasteiger partial charge in [0.05, 0.1) is 37.1 Å². The smallest absolute Gasteiger partial charge is 0.394 e. The van der Waals surface area contributed by atoms with Crippen molar-refractivity contribution in [1.82, 2.24) is 26.4 Å². The van der Waals surface area contributed by atoms with Crippen molar-refractivity contribution in [3.63, 3.8) is 0 Å². The molecule has 4 rings (SSSR count). The number of rotatable bonds is 11. The van der Waals surface area contributed by atoms with Crippen LogP contribution in [0.3, 0.4) is 0 Å². The van der Waals surface area contributed by atoms with E-state index in [1.54, 1.807) is 0 Å². The number of aliphatic hydroxyl groups is 7. The number of hydrogen-bond acceptors (Lipinski definition) is 19. The first kappa shape index (κ1) is 44.6. The molecule has 1 saturated carbocycles. The van der Waals surface area contributed by atoms with E-state index in [2.05, 4.69) is 31.5 Å². The molecule has 0 spiro atoms. The summed E-state index contributed by atoms with van der Waals surface area (Å²) in [6.07, 6.45) is -13.8. The third-order valence-electron chi connectivity index (χ3n) is 8.57. The van der Waals surface area contributed by atoms with E-state index in [-0.39, 0.29) is 5.56 Å². The van der Waals surface area contributed by atoms with Gasteiger partial charge >= 0.3 is 10.4 Å². The van der Waals surface area contributed by atoms with Crippen molar-refractivity contribution in [2.45, 2.75) is 98.2 Å². The molecule has 1 aliphatic carbocycles. The first-order valence-corrected chi connectivity index (χ1v) is 17.2. The fourth-order valence-corrected chi connectivity index (χ4v) is 5.92. The molecule has 3 heterocycles. The van der Waals surface area contributed by atoms with Crippen LogP contribution in [-0.4, -0.2) is 187 Å². The van der Waals surface area contributed by atoms with Crippen molar-refractivity contribution in [3.8, 4) is 0 Å². The number of pyridine rings is 1. The molecule has 0 bridgehead atoms. The monoisotopic (exact) mass is 798 g/mol. The number of likely N-dealkylation sites (N-methyl/N-ethyl adjacent to an activating group) is 1. The zero-order valence-electron chi connectivity index (χ0n) is 28.5. The first-order chi connectivity index (χ1) is 25.1. The van der Waals surface area contributed by atoms with Gasteiger partial charge in [0.1, 0.15) is 54.4 Å². The van der Waals surface area contributed by atoms with Gasteiger partial charge in [0.25, 0.3) is 5.91 Å². The molecular weight excluding hydrogens is 752 g/mol. The molecule has 1 aromatic rings. The second-order valence-corrected chi connectivity index (χ2v) is 13.3. The number of carbonyl (C=O) groups is 1. The Morgan fingerprint density at radius 2 is 1.50 bits per heavy atom. The lowest BCUT2D eigenvalue weighted by Gasteiger charge is -2.47. The van der Waals surface area contributed by atoms with E-state index < -0.39 is 126 Å². The summed E-state index contributed by atoms with van der Waals surface area (Å²) in [5, 5.41) is 102. The van der Waals surface area contributed by atoms with Gasteiger partial charge in [-0.05, 0) is 26.1 Å². The molecule has 0 unspecified atom stereocenters. The van der Waals surface area contributed by atoms with Crippen LogP contribution in [0.4, 0.5) is 0 Å². The van der Waals surface area contributed by atoms with Crippen molar-refractivity contribution >= 4 is 34.4 Å². The van der Waals surface area contributed by atoms with Crippen molar-refractivity contribution in [1.29, 1.82) is 10.8 Å². The van der Waals surface area contributed by atoms with Gasteiger partial charge < -0.3 is 82.1 Å². The number of ether oxygens (including phenoxy) is 4. The quantitative estimate of drug-likeness (QED) is 0.0428. The van der Waals surface area contributed by atoms with Crippen molar-refractivity contribution < 1.29 is 77.0 Å². The second-order valence-electron chi connectivity index (χ2n) is 12.4. The highest BCUT2D eigenvalue weighted by atomic mass is 32.3. The van der Waals surface area contributed by atoms with Gasteiger partial charge in [-0.1, -0.05) is 0 Å². The lowest BCUT2D eigenvalue weighted by molar-refractivity contribution is -0.316. The van der Waals surface area contributed by atoms with Gasteiger partial charge in [-0.15, -0.1) is 0 Å². The van der Waals surface area contributed by atoms with Crippen LogP contribution >= 0.6 is 0 Å². The zero-order chi connectivity index (χ0) is 40.7. The second kappa shape index (κ2) is 18.7. The summed E-state index contributed by atoms with van der Waals surface area (Å²) < 4.78 is 55.4. The Morgan fingerprint density at radius 1 is 0.944 bits per heavy atom. The average molecular weight is 799 g/mol. The molecule has 19 N–H and O–H groups in total. The Balaban J connectivity index is 0.00000147. The fourth-order valence-electron chi connectivity index (χ4n) is 5.92. The summed E-state index contributed by atoms with van der Waals surface area (Å²) in [4.78, 5) is 16.3. The number of carbonyl (C=O) groups excluding carboxylic acids is 1. The third kappa shape index (κ3) is 11.1. The maximum absolute atomic E-state index is 12.5. The molecule has 1 amide bonds. The molecule has 3 fully saturated rings. The Hall–Kier alpha value is -3.78. The predicted molar refractivity (Wildman–Crippen MR) is 180 cm³/mol. The first-order valence-electron chi connectivity index (χ1n) is 15.8. The van der Waals surface area contributed by atoms with Gasteiger partial charge in [0, 0.05) is 18.0 Å². The fraction of sp³-hybridized carbons (Fsp3) is 0.667. The summed E-state index contributed by atoms with van der Waals surface area (Å²) >= 11 is 0. The van der Waals surface area contributed by atoms with E-state index in [4.69, 9.17) is 58.8 Å². The molecule has 15 atom stereocenters. The minimum Gasteiger partial charge on any atom is -0.394 e. The van der Waals surface area contributed by atoms with Crippen LogP contribution in [0.5, 0.6) is 0 Å². The van der Waals surface area contributed by atoms with Crippen LogP contribution in [0.15, 0.2) is 29.6 Å². The molecule has 306 valence electrons. The maximum atomic E-state index is 12.5. The van der Waals surface area contributed by atoms with E-state index in [0.717, 1.165) is 6.21 Å². The maximum Gasteiger partial charge on any atom is 0.394 e. The summed E-state index contributed by atoms with van der Waals surface area (Å²) in [5.41, 5.74) is 11.3.